The summed E-state index contributed by atoms with van der Waals surface area (Å²) in [6.45, 7) is 4.78. The van der Waals surface area contributed by atoms with Crippen LogP contribution in [0, 0.1) is 6.92 Å². The van der Waals surface area contributed by atoms with Crippen molar-refractivity contribution in [2.24, 2.45) is 5.73 Å². The minimum Gasteiger partial charge on any atom is -0.387 e. The van der Waals surface area contributed by atoms with Crippen molar-refractivity contribution >= 4 is 5.91 Å². The molecule has 0 radical (unpaired) electrons. The summed E-state index contributed by atoms with van der Waals surface area (Å²) in [7, 11) is 0. The molecule has 0 bridgehead atoms. The van der Waals surface area contributed by atoms with Crippen LogP contribution < -0.4 is 5.73 Å². The molecule has 1 aliphatic rings. The summed E-state index contributed by atoms with van der Waals surface area (Å²) in [6, 6.07) is 7.71. The van der Waals surface area contributed by atoms with Gasteiger partial charge in [0.25, 0.3) is 0 Å². The number of hydrogen-bond donors (Lipinski definition) is 2. The zero-order valence-electron chi connectivity index (χ0n) is 11.6. The topological polar surface area (TPSA) is 66.6 Å². The smallest absolute Gasteiger partial charge is 0.242 e. The molecule has 0 spiro atoms. The number of carbonyl (C=O) groups is 1. The molecule has 1 atom stereocenters. The van der Waals surface area contributed by atoms with Crippen LogP contribution in [0.1, 0.15) is 37.0 Å². The molecule has 0 heterocycles. The molecule has 104 valence electrons. The summed E-state index contributed by atoms with van der Waals surface area (Å²) in [5.74, 6) is -0.0406. The van der Waals surface area contributed by atoms with Gasteiger partial charge < -0.3 is 15.7 Å². The number of likely N-dealkylation sites (N-methyl/N-ethyl adjacent to an activating group) is 1. The van der Waals surface area contributed by atoms with Crippen LogP contribution >= 0.6 is 0 Å². The zero-order valence-corrected chi connectivity index (χ0v) is 11.6. The number of nitrogens with two attached hydrogens (primary N) is 1. The van der Waals surface area contributed by atoms with Crippen molar-refractivity contribution in [2.45, 2.75) is 38.3 Å². The van der Waals surface area contributed by atoms with Gasteiger partial charge in [0.15, 0.2) is 0 Å². The molecule has 19 heavy (non-hydrogen) atoms. The third-order valence-electron chi connectivity index (χ3n) is 3.74. The van der Waals surface area contributed by atoms with Crippen molar-refractivity contribution in [3.8, 4) is 0 Å². The van der Waals surface area contributed by atoms with Gasteiger partial charge in [0.1, 0.15) is 0 Å². The number of rotatable bonds is 5. The highest BCUT2D eigenvalue weighted by Gasteiger charge is 2.48. The lowest BCUT2D eigenvalue weighted by Crippen LogP contribution is -2.47. The van der Waals surface area contributed by atoms with Gasteiger partial charge in [-0.1, -0.05) is 29.8 Å². The number of hydrogen-bond acceptors (Lipinski definition) is 3. The Morgan fingerprint density at radius 3 is 2.47 bits per heavy atom. The number of benzene rings is 1. The molecule has 0 saturated heterocycles. The predicted octanol–water partition coefficient (Wildman–Crippen LogP) is 1.37. The summed E-state index contributed by atoms with van der Waals surface area (Å²) < 4.78 is 0. The molecule has 4 heteroatoms. The standard InChI is InChI=1S/C15H22N2O2/c1-3-17(14(19)15(16)8-9-15)10-13(18)12-6-4-11(2)5-7-12/h4-7,13,18H,3,8-10,16H2,1-2H3. The van der Waals surface area contributed by atoms with Gasteiger partial charge in [-0.3, -0.25) is 4.79 Å². The Balaban J connectivity index is 2.01. The summed E-state index contributed by atoms with van der Waals surface area (Å²) in [4.78, 5) is 13.8. The van der Waals surface area contributed by atoms with E-state index >= 15 is 0 Å². The van der Waals surface area contributed by atoms with Gasteiger partial charge in [-0.2, -0.15) is 0 Å². The van der Waals surface area contributed by atoms with E-state index in [0.29, 0.717) is 13.1 Å². The quantitative estimate of drug-likeness (QED) is 0.842. The lowest BCUT2D eigenvalue weighted by atomic mass is 10.1. The number of aliphatic hydroxyl groups is 1. The molecular formula is C15H22N2O2. The number of carbonyl (C=O) groups excluding carboxylic acids is 1. The first kappa shape index (κ1) is 14.0. The first-order chi connectivity index (χ1) is 8.96. The average molecular weight is 262 g/mol. The van der Waals surface area contributed by atoms with Gasteiger partial charge in [0.2, 0.25) is 5.91 Å². The second-order valence-corrected chi connectivity index (χ2v) is 5.43. The second-order valence-electron chi connectivity index (χ2n) is 5.43. The fourth-order valence-corrected chi connectivity index (χ4v) is 2.12. The van der Waals surface area contributed by atoms with Crippen LogP contribution in [-0.2, 0) is 4.79 Å². The van der Waals surface area contributed by atoms with Gasteiger partial charge in [-0.15, -0.1) is 0 Å². The largest absolute Gasteiger partial charge is 0.387 e. The lowest BCUT2D eigenvalue weighted by Gasteiger charge is -2.26. The maximum absolute atomic E-state index is 12.2. The Morgan fingerprint density at radius 2 is 2.00 bits per heavy atom. The van der Waals surface area contributed by atoms with Crippen LogP contribution in [0.25, 0.3) is 0 Å². The van der Waals surface area contributed by atoms with E-state index in [2.05, 4.69) is 0 Å². The molecule has 1 saturated carbocycles. The van der Waals surface area contributed by atoms with Crippen LogP contribution in [0.15, 0.2) is 24.3 Å². The highest BCUT2D eigenvalue weighted by atomic mass is 16.3. The summed E-state index contributed by atoms with van der Waals surface area (Å²) in [5, 5.41) is 10.2. The van der Waals surface area contributed by atoms with E-state index in [-0.39, 0.29) is 5.91 Å². The molecule has 1 aliphatic carbocycles. The Bertz CT molecular complexity index is 452. The molecule has 4 nitrogen and oxygen atoms in total. The van der Waals surface area contributed by atoms with Crippen LogP contribution in [0.5, 0.6) is 0 Å². The first-order valence-electron chi connectivity index (χ1n) is 6.79. The minimum absolute atomic E-state index is 0.0406. The van der Waals surface area contributed by atoms with Crippen LogP contribution in [0.2, 0.25) is 0 Å². The average Bonchev–Trinajstić information content (AvgIpc) is 3.15. The number of amides is 1. The minimum atomic E-state index is -0.664. The third-order valence-corrected chi connectivity index (χ3v) is 3.74. The van der Waals surface area contributed by atoms with E-state index in [1.165, 1.54) is 0 Å². The van der Waals surface area contributed by atoms with Gasteiger partial charge in [-0.05, 0) is 32.3 Å². The van der Waals surface area contributed by atoms with Gasteiger partial charge >= 0.3 is 0 Å². The Kier molecular flexibility index (Phi) is 3.92. The fourth-order valence-electron chi connectivity index (χ4n) is 2.12. The normalized spacial score (nSPS) is 17.9. The molecule has 1 aromatic carbocycles. The number of aliphatic hydroxyl groups excluding tert-OH is 1. The van der Waals surface area contributed by atoms with Crippen molar-refractivity contribution < 1.29 is 9.90 Å². The molecule has 1 fully saturated rings. The van der Waals surface area contributed by atoms with Crippen LogP contribution in [0.4, 0.5) is 0 Å². The molecule has 1 unspecified atom stereocenters. The Labute approximate surface area is 114 Å². The molecule has 0 aromatic heterocycles. The van der Waals surface area contributed by atoms with E-state index in [1.807, 2.05) is 38.1 Å². The molecule has 0 aliphatic heterocycles. The van der Waals surface area contributed by atoms with E-state index < -0.39 is 11.6 Å². The maximum atomic E-state index is 12.2. The van der Waals surface area contributed by atoms with Gasteiger partial charge in [0.05, 0.1) is 18.2 Å². The second kappa shape index (κ2) is 5.31. The Hall–Kier alpha value is -1.39. The van der Waals surface area contributed by atoms with E-state index in [1.54, 1.807) is 4.90 Å². The van der Waals surface area contributed by atoms with E-state index in [4.69, 9.17) is 5.73 Å². The Morgan fingerprint density at radius 1 is 1.42 bits per heavy atom. The monoisotopic (exact) mass is 262 g/mol. The van der Waals surface area contributed by atoms with E-state index in [9.17, 15) is 9.90 Å². The van der Waals surface area contributed by atoms with E-state index in [0.717, 1.165) is 24.0 Å². The maximum Gasteiger partial charge on any atom is 0.242 e. The fraction of sp³-hybridized carbons (Fsp3) is 0.533. The SMILES string of the molecule is CCN(CC(O)c1ccc(C)cc1)C(=O)C1(N)CC1. The van der Waals surface area contributed by atoms with Gasteiger partial charge in [0, 0.05) is 6.54 Å². The lowest BCUT2D eigenvalue weighted by molar-refractivity contribution is -0.134. The highest BCUT2D eigenvalue weighted by Crippen LogP contribution is 2.34. The van der Waals surface area contributed by atoms with Crippen molar-refractivity contribution in [2.75, 3.05) is 13.1 Å². The molecule has 1 amide bonds. The van der Waals surface area contributed by atoms with Crippen LogP contribution in [-0.4, -0.2) is 34.5 Å². The summed E-state index contributed by atoms with van der Waals surface area (Å²) in [5.41, 5.74) is 7.25. The highest BCUT2D eigenvalue weighted by molar-refractivity contribution is 5.89. The molecule has 3 N–H and O–H groups in total. The molecular weight excluding hydrogens is 240 g/mol. The molecule has 2 rings (SSSR count). The van der Waals surface area contributed by atoms with Crippen LogP contribution in [0.3, 0.4) is 0 Å². The van der Waals surface area contributed by atoms with Crippen molar-refractivity contribution in [1.82, 2.24) is 4.90 Å². The number of aryl methyl sites for hydroxylation is 1. The van der Waals surface area contributed by atoms with Crippen molar-refractivity contribution in [1.29, 1.82) is 0 Å². The number of nitrogens with zero attached hydrogens (tertiary/aromatic N) is 1. The summed E-state index contributed by atoms with van der Waals surface area (Å²) >= 11 is 0. The van der Waals surface area contributed by atoms with Crippen molar-refractivity contribution in [3.05, 3.63) is 35.4 Å². The zero-order chi connectivity index (χ0) is 14.0. The van der Waals surface area contributed by atoms with Crippen molar-refractivity contribution in [3.63, 3.8) is 0 Å². The van der Waals surface area contributed by atoms with Gasteiger partial charge in [-0.25, -0.2) is 0 Å². The third kappa shape index (κ3) is 3.14. The molecule has 1 aromatic rings. The predicted molar refractivity (Wildman–Crippen MR) is 74.5 cm³/mol. The summed E-state index contributed by atoms with van der Waals surface area (Å²) in [6.07, 6.45) is 0.846. The first-order valence-corrected chi connectivity index (χ1v) is 6.79.